The van der Waals surface area contributed by atoms with Crippen molar-refractivity contribution >= 4 is 17.7 Å². The van der Waals surface area contributed by atoms with Gasteiger partial charge < -0.3 is 9.84 Å². The third-order valence-corrected chi connectivity index (χ3v) is 1.92. The molecule has 0 saturated heterocycles. The number of esters is 1. The summed E-state index contributed by atoms with van der Waals surface area (Å²) in [5.41, 5.74) is -0.358. The number of benzene rings is 1. The van der Waals surface area contributed by atoms with E-state index in [4.69, 9.17) is 5.11 Å². The van der Waals surface area contributed by atoms with Crippen LogP contribution in [-0.2, 0) is 9.53 Å². The number of hydrogen-bond acceptors (Lipinski definition) is 5. The number of nitrogens with zero attached hydrogens (tertiary/aromatic N) is 1. The fourth-order valence-corrected chi connectivity index (χ4v) is 1.17. The number of halogens is 1. The average molecular weight is 255 g/mol. The maximum atomic E-state index is 12.8. The van der Waals surface area contributed by atoms with Crippen molar-refractivity contribution in [2.24, 2.45) is 0 Å². The Kier molecular flexibility index (Phi) is 4.94. The van der Waals surface area contributed by atoms with Crippen molar-refractivity contribution in [2.75, 3.05) is 13.2 Å². The second kappa shape index (κ2) is 6.45. The van der Waals surface area contributed by atoms with Gasteiger partial charge in [-0.25, -0.2) is 9.18 Å². The van der Waals surface area contributed by atoms with Crippen LogP contribution in [0.4, 0.5) is 10.1 Å². The number of nitro groups is 1. The van der Waals surface area contributed by atoms with Crippen LogP contribution in [0.25, 0.3) is 6.08 Å². The van der Waals surface area contributed by atoms with Crippen molar-refractivity contribution in [1.82, 2.24) is 0 Å². The Morgan fingerprint density at radius 2 is 2.28 bits per heavy atom. The van der Waals surface area contributed by atoms with E-state index in [-0.39, 0.29) is 18.8 Å². The summed E-state index contributed by atoms with van der Waals surface area (Å²) in [6.07, 6.45) is 2.12. The number of ether oxygens (including phenoxy) is 1. The number of carbonyl (C=O) groups is 1. The van der Waals surface area contributed by atoms with Gasteiger partial charge in [0.2, 0.25) is 0 Å². The van der Waals surface area contributed by atoms with E-state index in [0.29, 0.717) is 0 Å². The molecule has 0 amide bonds. The van der Waals surface area contributed by atoms with Crippen LogP contribution in [0.15, 0.2) is 24.3 Å². The molecule has 1 N–H and O–H groups in total. The van der Waals surface area contributed by atoms with Gasteiger partial charge in [-0.1, -0.05) is 0 Å². The zero-order chi connectivity index (χ0) is 13.5. The Balaban J connectivity index is 2.87. The molecule has 1 aromatic rings. The molecule has 0 unspecified atom stereocenters. The Morgan fingerprint density at radius 3 is 2.89 bits per heavy atom. The van der Waals surface area contributed by atoms with Gasteiger partial charge in [0.25, 0.3) is 5.69 Å². The molecule has 0 aliphatic carbocycles. The van der Waals surface area contributed by atoms with Crippen LogP contribution in [0.5, 0.6) is 0 Å². The summed E-state index contributed by atoms with van der Waals surface area (Å²) in [5.74, 6) is -1.48. The molecule has 0 aliphatic rings. The number of carbonyl (C=O) groups excluding carboxylic acids is 1. The van der Waals surface area contributed by atoms with E-state index in [1.165, 1.54) is 6.07 Å². The molecule has 0 atom stereocenters. The van der Waals surface area contributed by atoms with Gasteiger partial charge in [-0.05, 0) is 18.2 Å². The van der Waals surface area contributed by atoms with Gasteiger partial charge in [0.1, 0.15) is 12.4 Å². The molecule has 1 rings (SSSR count). The first-order valence-corrected chi connectivity index (χ1v) is 4.94. The van der Waals surface area contributed by atoms with Crippen LogP contribution in [0, 0.1) is 15.9 Å². The van der Waals surface area contributed by atoms with E-state index in [0.717, 1.165) is 24.3 Å². The van der Waals surface area contributed by atoms with Crippen LogP contribution in [0.2, 0.25) is 0 Å². The largest absolute Gasteiger partial charge is 0.460 e. The molecular weight excluding hydrogens is 245 g/mol. The van der Waals surface area contributed by atoms with Gasteiger partial charge in [0.05, 0.1) is 23.2 Å². The van der Waals surface area contributed by atoms with Gasteiger partial charge >= 0.3 is 5.97 Å². The van der Waals surface area contributed by atoms with Crippen LogP contribution in [0.1, 0.15) is 5.56 Å². The molecule has 0 spiro atoms. The molecule has 7 heteroatoms. The standard InChI is InChI=1S/C11H10FNO5/c12-9-3-1-8(10(7-9)13(16)17)2-4-11(15)18-6-5-14/h1-4,7,14H,5-6H2/b4-2+. The van der Waals surface area contributed by atoms with Gasteiger partial charge in [-0.15, -0.1) is 0 Å². The summed E-state index contributed by atoms with van der Waals surface area (Å²) >= 11 is 0. The van der Waals surface area contributed by atoms with Crippen molar-refractivity contribution in [1.29, 1.82) is 0 Å². The summed E-state index contributed by atoms with van der Waals surface area (Å²) in [7, 11) is 0. The zero-order valence-electron chi connectivity index (χ0n) is 9.21. The predicted molar refractivity (Wildman–Crippen MR) is 60.1 cm³/mol. The zero-order valence-corrected chi connectivity index (χ0v) is 9.21. The third-order valence-electron chi connectivity index (χ3n) is 1.92. The minimum absolute atomic E-state index is 0.0855. The lowest BCUT2D eigenvalue weighted by molar-refractivity contribution is -0.385. The highest BCUT2D eigenvalue weighted by Gasteiger charge is 2.12. The Labute approximate surface area is 101 Å². The first-order chi connectivity index (χ1) is 8.54. The van der Waals surface area contributed by atoms with Crippen LogP contribution in [0.3, 0.4) is 0 Å². The van der Waals surface area contributed by atoms with Crippen molar-refractivity contribution < 1.29 is 24.0 Å². The molecule has 0 aliphatic heterocycles. The van der Waals surface area contributed by atoms with E-state index >= 15 is 0 Å². The van der Waals surface area contributed by atoms with Crippen molar-refractivity contribution in [3.63, 3.8) is 0 Å². The lowest BCUT2D eigenvalue weighted by Gasteiger charge is -1.99. The minimum atomic E-state index is -0.748. The molecule has 18 heavy (non-hydrogen) atoms. The van der Waals surface area contributed by atoms with Crippen molar-refractivity contribution in [2.45, 2.75) is 0 Å². The number of nitro benzene ring substituents is 1. The van der Waals surface area contributed by atoms with E-state index < -0.39 is 22.4 Å². The number of aliphatic hydroxyl groups excluding tert-OH is 1. The van der Waals surface area contributed by atoms with E-state index in [2.05, 4.69) is 4.74 Å². The molecule has 1 aromatic carbocycles. The Hall–Kier alpha value is -2.28. The molecule has 6 nitrogen and oxygen atoms in total. The SMILES string of the molecule is O=C(/C=C/c1ccc(F)cc1[N+](=O)[O-])OCCO. The first-order valence-electron chi connectivity index (χ1n) is 4.94. The minimum Gasteiger partial charge on any atom is -0.460 e. The van der Waals surface area contributed by atoms with Gasteiger partial charge in [0.15, 0.2) is 0 Å². The maximum absolute atomic E-state index is 12.8. The molecule has 96 valence electrons. The molecule has 0 heterocycles. The van der Waals surface area contributed by atoms with Crippen LogP contribution >= 0.6 is 0 Å². The summed E-state index contributed by atoms with van der Waals surface area (Å²) in [4.78, 5) is 21.0. The lowest BCUT2D eigenvalue weighted by atomic mass is 10.1. The monoisotopic (exact) mass is 255 g/mol. The fourth-order valence-electron chi connectivity index (χ4n) is 1.17. The first kappa shape index (κ1) is 13.8. The predicted octanol–water partition coefficient (Wildman–Crippen LogP) is 1.28. The van der Waals surface area contributed by atoms with Crippen LogP contribution in [-0.4, -0.2) is 29.2 Å². The summed E-state index contributed by atoms with van der Waals surface area (Å²) in [6, 6.07) is 2.99. The highest BCUT2D eigenvalue weighted by molar-refractivity contribution is 5.87. The summed E-state index contributed by atoms with van der Waals surface area (Å²) in [5, 5.41) is 19.1. The van der Waals surface area contributed by atoms with Crippen LogP contribution < -0.4 is 0 Å². The molecule has 0 aromatic heterocycles. The third kappa shape index (κ3) is 3.95. The molecule has 0 fully saturated rings. The fraction of sp³-hybridized carbons (Fsp3) is 0.182. The normalized spacial score (nSPS) is 10.6. The molecular formula is C11H10FNO5. The van der Waals surface area contributed by atoms with E-state index in [9.17, 15) is 19.3 Å². The van der Waals surface area contributed by atoms with E-state index in [1.807, 2.05) is 0 Å². The smallest absolute Gasteiger partial charge is 0.330 e. The van der Waals surface area contributed by atoms with Crippen molar-refractivity contribution in [3.8, 4) is 0 Å². The lowest BCUT2D eigenvalue weighted by Crippen LogP contribution is -2.05. The summed E-state index contributed by atoms with van der Waals surface area (Å²) in [6.45, 7) is -0.467. The number of aliphatic hydroxyl groups is 1. The molecule has 0 saturated carbocycles. The quantitative estimate of drug-likeness (QED) is 0.370. The second-order valence-corrected chi connectivity index (χ2v) is 3.18. The van der Waals surface area contributed by atoms with E-state index in [1.54, 1.807) is 0 Å². The number of rotatable bonds is 5. The summed E-state index contributed by atoms with van der Waals surface area (Å²) < 4.78 is 17.3. The topological polar surface area (TPSA) is 89.7 Å². The highest BCUT2D eigenvalue weighted by atomic mass is 19.1. The Morgan fingerprint density at radius 1 is 1.56 bits per heavy atom. The highest BCUT2D eigenvalue weighted by Crippen LogP contribution is 2.20. The molecule has 0 bridgehead atoms. The second-order valence-electron chi connectivity index (χ2n) is 3.18. The molecule has 0 radical (unpaired) electrons. The number of hydrogen-bond donors (Lipinski definition) is 1. The average Bonchev–Trinajstić information content (AvgIpc) is 2.34. The Bertz CT molecular complexity index is 486. The van der Waals surface area contributed by atoms with Gasteiger partial charge in [0, 0.05) is 6.08 Å². The van der Waals surface area contributed by atoms with Gasteiger partial charge in [-0.2, -0.15) is 0 Å². The maximum Gasteiger partial charge on any atom is 0.330 e. The van der Waals surface area contributed by atoms with Crippen molar-refractivity contribution in [3.05, 3.63) is 45.8 Å². The van der Waals surface area contributed by atoms with Gasteiger partial charge in [-0.3, -0.25) is 10.1 Å².